The van der Waals surface area contributed by atoms with Crippen LogP contribution in [0.1, 0.15) is 47.8 Å². The van der Waals surface area contributed by atoms with Crippen molar-refractivity contribution in [1.29, 1.82) is 0 Å². The van der Waals surface area contributed by atoms with E-state index in [-0.39, 0.29) is 11.8 Å². The fraction of sp³-hybridized carbons (Fsp3) is 0.321. The average molecular weight is 428 g/mol. The number of nitrogens with one attached hydrogen (secondary N) is 1. The molecule has 0 saturated carbocycles. The van der Waals surface area contributed by atoms with Crippen LogP contribution in [0.25, 0.3) is 0 Å². The van der Waals surface area contributed by atoms with Crippen LogP contribution in [-0.2, 0) is 4.79 Å². The van der Waals surface area contributed by atoms with E-state index in [4.69, 9.17) is 5.73 Å². The molecule has 0 aliphatic carbocycles. The molecule has 0 atom stereocenters. The van der Waals surface area contributed by atoms with E-state index in [2.05, 4.69) is 28.4 Å². The van der Waals surface area contributed by atoms with Crippen LogP contribution in [0.3, 0.4) is 0 Å². The maximum atomic E-state index is 13.1. The molecule has 1 aliphatic heterocycles. The van der Waals surface area contributed by atoms with Gasteiger partial charge in [-0.15, -0.1) is 0 Å². The first-order chi connectivity index (χ1) is 15.7. The van der Waals surface area contributed by atoms with Crippen molar-refractivity contribution in [3.63, 3.8) is 0 Å². The molecule has 166 valence electrons. The Morgan fingerprint density at radius 3 is 2.12 bits per heavy atom. The van der Waals surface area contributed by atoms with Gasteiger partial charge in [-0.25, -0.2) is 0 Å². The highest BCUT2D eigenvalue weighted by molar-refractivity contribution is 5.87. The van der Waals surface area contributed by atoms with E-state index < -0.39 is 0 Å². The van der Waals surface area contributed by atoms with Crippen LogP contribution in [0.15, 0.2) is 84.9 Å². The van der Waals surface area contributed by atoms with Crippen molar-refractivity contribution in [2.24, 2.45) is 0 Å². The molecule has 4 heteroatoms. The molecule has 1 amide bonds. The predicted molar refractivity (Wildman–Crippen MR) is 132 cm³/mol. The number of carbonyl (C=O) groups excluding carboxylic acids is 1. The quantitative estimate of drug-likeness (QED) is 0.402. The van der Waals surface area contributed by atoms with Gasteiger partial charge in [0.25, 0.3) is 0 Å². The lowest BCUT2D eigenvalue weighted by molar-refractivity contribution is -0.121. The highest BCUT2D eigenvalue weighted by Gasteiger charge is 2.23. The van der Waals surface area contributed by atoms with E-state index in [1.54, 1.807) is 0 Å². The maximum Gasteiger partial charge on any atom is 0.232 e. The first-order valence-electron chi connectivity index (χ1n) is 11.7. The van der Waals surface area contributed by atoms with Crippen molar-refractivity contribution in [3.8, 4) is 0 Å². The second kappa shape index (κ2) is 11.0. The second-order valence-corrected chi connectivity index (χ2v) is 8.68. The molecular weight excluding hydrogens is 394 g/mol. The molecule has 1 fully saturated rings. The first-order valence-corrected chi connectivity index (χ1v) is 11.7. The monoisotopic (exact) mass is 427 g/mol. The van der Waals surface area contributed by atoms with Crippen LogP contribution in [0, 0.1) is 0 Å². The summed E-state index contributed by atoms with van der Waals surface area (Å²) in [5.74, 6) is 0.404. The molecule has 0 aromatic heterocycles. The molecule has 3 N–H and O–H groups in total. The summed E-state index contributed by atoms with van der Waals surface area (Å²) in [6.07, 6.45) is 3.30. The van der Waals surface area contributed by atoms with E-state index in [9.17, 15) is 4.79 Å². The predicted octanol–water partition coefficient (Wildman–Crippen LogP) is 4.79. The van der Waals surface area contributed by atoms with Crippen molar-refractivity contribution in [2.45, 2.75) is 31.1 Å². The van der Waals surface area contributed by atoms with Gasteiger partial charge in [0.05, 0.1) is 5.92 Å². The zero-order valence-electron chi connectivity index (χ0n) is 18.6. The minimum atomic E-state index is -0.272. The van der Waals surface area contributed by atoms with E-state index in [1.165, 1.54) is 18.4 Å². The Hall–Kier alpha value is -3.11. The number of amides is 1. The number of carbonyl (C=O) groups is 1. The number of nitrogens with two attached hydrogens (primary N) is 1. The number of likely N-dealkylation sites (tertiary alicyclic amines) is 1. The molecule has 0 bridgehead atoms. The second-order valence-electron chi connectivity index (χ2n) is 8.68. The number of hydrogen-bond donors (Lipinski definition) is 2. The zero-order chi connectivity index (χ0) is 22.2. The number of nitrogen functional groups attached to an aromatic ring is 1. The van der Waals surface area contributed by atoms with Crippen molar-refractivity contribution >= 4 is 11.6 Å². The molecule has 1 aliphatic rings. The minimum absolute atomic E-state index is 0.0720. The summed E-state index contributed by atoms with van der Waals surface area (Å²) >= 11 is 0. The average Bonchev–Trinajstić information content (AvgIpc) is 2.84. The van der Waals surface area contributed by atoms with Crippen LogP contribution < -0.4 is 11.1 Å². The van der Waals surface area contributed by atoms with Gasteiger partial charge in [0, 0.05) is 12.2 Å². The third kappa shape index (κ3) is 5.77. The van der Waals surface area contributed by atoms with E-state index in [1.807, 2.05) is 66.7 Å². The largest absolute Gasteiger partial charge is 0.399 e. The molecular formula is C28H33N3O. The Bertz CT molecular complexity index is 942. The van der Waals surface area contributed by atoms with Crippen molar-refractivity contribution in [2.75, 3.05) is 31.9 Å². The van der Waals surface area contributed by atoms with E-state index >= 15 is 0 Å². The number of hydrogen-bond acceptors (Lipinski definition) is 3. The van der Waals surface area contributed by atoms with E-state index in [0.717, 1.165) is 42.9 Å². The lowest BCUT2D eigenvalue weighted by Gasteiger charge is -2.32. The fourth-order valence-corrected chi connectivity index (χ4v) is 4.71. The van der Waals surface area contributed by atoms with Crippen molar-refractivity contribution < 1.29 is 4.79 Å². The van der Waals surface area contributed by atoms with E-state index in [0.29, 0.717) is 12.5 Å². The van der Waals surface area contributed by atoms with Gasteiger partial charge < -0.3 is 16.0 Å². The summed E-state index contributed by atoms with van der Waals surface area (Å²) in [6.45, 7) is 3.92. The number of rotatable bonds is 8. The number of piperidine rings is 1. The number of nitrogens with zero attached hydrogens (tertiary/aromatic N) is 1. The third-order valence-electron chi connectivity index (χ3n) is 6.45. The molecule has 32 heavy (non-hydrogen) atoms. The minimum Gasteiger partial charge on any atom is -0.399 e. The molecule has 3 aromatic rings. The van der Waals surface area contributed by atoms with Crippen LogP contribution >= 0.6 is 0 Å². The summed E-state index contributed by atoms with van der Waals surface area (Å²) < 4.78 is 0. The molecule has 1 heterocycles. The Kier molecular flexibility index (Phi) is 7.57. The van der Waals surface area contributed by atoms with Gasteiger partial charge in [0.2, 0.25) is 5.91 Å². The lowest BCUT2D eigenvalue weighted by Crippen LogP contribution is -2.36. The van der Waals surface area contributed by atoms with Crippen LogP contribution in [0.5, 0.6) is 0 Å². The highest BCUT2D eigenvalue weighted by Crippen LogP contribution is 2.29. The van der Waals surface area contributed by atoms with Gasteiger partial charge in [-0.05, 0) is 73.6 Å². The molecule has 1 saturated heterocycles. The van der Waals surface area contributed by atoms with Crippen LogP contribution in [0.4, 0.5) is 5.69 Å². The van der Waals surface area contributed by atoms with Gasteiger partial charge in [-0.1, -0.05) is 72.8 Å². The Labute approximate surface area is 191 Å². The smallest absolute Gasteiger partial charge is 0.232 e. The first kappa shape index (κ1) is 22.1. The van der Waals surface area contributed by atoms with Gasteiger partial charge in [-0.3, -0.25) is 4.79 Å². The summed E-state index contributed by atoms with van der Waals surface area (Å²) in [6, 6.07) is 28.4. The Balaban J connectivity index is 1.25. The van der Waals surface area contributed by atoms with Gasteiger partial charge >= 0.3 is 0 Å². The summed E-state index contributed by atoms with van der Waals surface area (Å²) in [4.78, 5) is 15.6. The molecule has 0 unspecified atom stereocenters. The lowest BCUT2D eigenvalue weighted by atomic mass is 9.89. The fourth-order valence-electron chi connectivity index (χ4n) is 4.71. The summed E-state index contributed by atoms with van der Waals surface area (Å²) in [5, 5.41) is 3.18. The summed E-state index contributed by atoms with van der Waals surface area (Å²) in [5.41, 5.74) is 10.2. The third-order valence-corrected chi connectivity index (χ3v) is 6.45. The van der Waals surface area contributed by atoms with Crippen LogP contribution in [-0.4, -0.2) is 37.0 Å². The number of anilines is 1. The van der Waals surface area contributed by atoms with Gasteiger partial charge in [-0.2, -0.15) is 0 Å². The Morgan fingerprint density at radius 1 is 0.906 bits per heavy atom. The standard InChI is InChI=1S/C28H33N3O/c29-26-14-7-13-25(21-26)22-15-19-31(20-16-22)18-8-17-30-28(32)27(23-9-3-1-4-10-23)24-11-5-2-6-12-24/h1-7,9-14,21-22,27H,8,15-20,29H2,(H,30,32). The SMILES string of the molecule is Nc1cccc(C2CCN(CCCNC(=O)C(c3ccccc3)c3ccccc3)CC2)c1. The van der Waals surface area contributed by atoms with Crippen LogP contribution in [0.2, 0.25) is 0 Å². The Morgan fingerprint density at radius 2 is 1.53 bits per heavy atom. The van der Waals surface area contributed by atoms with Crippen molar-refractivity contribution in [1.82, 2.24) is 10.2 Å². The van der Waals surface area contributed by atoms with Gasteiger partial charge in [0.1, 0.15) is 0 Å². The normalized spacial score (nSPS) is 15.0. The molecule has 0 spiro atoms. The summed E-state index contributed by atoms with van der Waals surface area (Å²) in [7, 11) is 0. The van der Waals surface area contributed by atoms with Crippen molar-refractivity contribution in [3.05, 3.63) is 102 Å². The molecule has 3 aromatic carbocycles. The highest BCUT2D eigenvalue weighted by atomic mass is 16.1. The zero-order valence-corrected chi connectivity index (χ0v) is 18.6. The number of benzene rings is 3. The van der Waals surface area contributed by atoms with Gasteiger partial charge in [0.15, 0.2) is 0 Å². The molecule has 0 radical (unpaired) electrons. The molecule has 4 nitrogen and oxygen atoms in total. The molecule has 4 rings (SSSR count). The maximum absolute atomic E-state index is 13.1. The topological polar surface area (TPSA) is 58.4 Å².